The molecule has 1 saturated heterocycles. The Balaban J connectivity index is 1.86. The van der Waals surface area contributed by atoms with Gasteiger partial charge in [-0.05, 0) is 31.9 Å². The lowest BCUT2D eigenvalue weighted by molar-refractivity contribution is -0.150. The zero-order chi connectivity index (χ0) is 19.6. The first kappa shape index (κ1) is 19.9. The number of fused-ring (bicyclic) bond motifs is 2. The molecule has 0 unspecified atom stereocenters. The van der Waals surface area contributed by atoms with Gasteiger partial charge in [-0.25, -0.2) is 9.59 Å². The fourth-order valence-corrected chi connectivity index (χ4v) is 4.08. The van der Waals surface area contributed by atoms with Crippen LogP contribution in [0.3, 0.4) is 0 Å². The number of carbonyl (C=O) groups excluding carboxylic acids is 3. The van der Waals surface area contributed by atoms with Crippen LogP contribution >= 0.6 is 15.9 Å². The van der Waals surface area contributed by atoms with Crippen LogP contribution in [-0.4, -0.2) is 41.5 Å². The first-order valence-electron chi connectivity index (χ1n) is 9.13. The third-order valence-electron chi connectivity index (χ3n) is 5.01. The second-order valence-electron chi connectivity index (χ2n) is 7.15. The SMILES string of the molecule is C=C1C(=O)O[C@H]2CC3=C[C@H](C/C(C)=C/[C@@H](OC(=O)CCCCBr)[C@H]12)OC3=O. The Kier molecular flexibility index (Phi) is 6.19. The molecule has 0 spiro atoms. The summed E-state index contributed by atoms with van der Waals surface area (Å²) in [5.74, 6) is -1.73. The summed E-state index contributed by atoms with van der Waals surface area (Å²) in [5.41, 5.74) is 1.68. The fraction of sp³-hybridized carbons (Fsp3) is 0.550. The number of rotatable bonds is 5. The third-order valence-corrected chi connectivity index (χ3v) is 5.57. The minimum absolute atomic E-state index is 0.231. The number of ether oxygens (including phenoxy) is 3. The van der Waals surface area contributed by atoms with Gasteiger partial charge in [0, 0.05) is 35.7 Å². The molecule has 4 atom stereocenters. The number of halogens is 1. The maximum absolute atomic E-state index is 12.3. The Labute approximate surface area is 166 Å². The van der Waals surface area contributed by atoms with Crippen molar-refractivity contribution < 1.29 is 28.6 Å². The van der Waals surface area contributed by atoms with Gasteiger partial charge >= 0.3 is 17.9 Å². The van der Waals surface area contributed by atoms with E-state index in [4.69, 9.17) is 14.2 Å². The van der Waals surface area contributed by atoms with Gasteiger partial charge in [-0.2, -0.15) is 0 Å². The number of hydrogen-bond donors (Lipinski definition) is 0. The van der Waals surface area contributed by atoms with E-state index in [1.54, 1.807) is 6.08 Å². The van der Waals surface area contributed by atoms with Gasteiger partial charge in [0.25, 0.3) is 0 Å². The van der Waals surface area contributed by atoms with Crippen molar-refractivity contribution in [1.29, 1.82) is 0 Å². The minimum atomic E-state index is -0.654. The molecule has 2 aliphatic heterocycles. The van der Waals surface area contributed by atoms with Crippen molar-refractivity contribution in [3.8, 4) is 0 Å². The number of carbonyl (C=O) groups is 3. The van der Waals surface area contributed by atoms with Crippen LogP contribution in [0.2, 0.25) is 0 Å². The quantitative estimate of drug-likeness (QED) is 0.164. The molecule has 0 aromatic heterocycles. The second-order valence-corrected chi connectivity index (χ2v) is 7.95. The van der Waals surface area contributed by atoms with Gasteiger partial charge in [0.15, 0.2) is 0 Å². The lowest BCUT2D eigenvalue weighted by atomic mass is 9.85. The van der Waals surface area contributed by atoms with Crippen LogP contribution in [0.15, 0.2) is 35.5 Å². The summed E-state index contributed by atoms with van der Waals surface area (Å²) in [5, 5.41) is 0.830. The van der Waals surface area contributed by atoms with Crippen LogP contribution in [0.25, 0.3) is 0 Å². The van der Waals surface area contributed by atoms with Crippen LogP contribution in [0.1, 0.15) is 39.0 Å². The van der Waals surface area contributed by atoms with Crippen molar-refractivity contribution in [3.05, 3.63) is 35.5 Å². The maximum atomic E-state index is 12.3. The van der Waals surface area contributed by atoms with Gasteiger partial charge < -0.3 is 14.2 Å². The Morgan fingerprint density at radius 1 is 1.22 bits per heavy atom. The van der Waals surface area contributed by atoms with E-state index < -0.39 is 24.1 Å². The summed E-state index contributed by atoms with van der Waals surface area (Å²) >= 11 is 3.34. The van der Waals surface area contributed by atoms with E-state index in [1.165, 1.54) is 0 Å². The van der Waals surface area contributed by atoms with Gasteiger partial charge in [0.2, 0.25) is 0 Å². The van der Waals surface area contributed by atoms with Gasteiger partial charge in [0.1, 0.15) is 18.3 Å². The molecule has 2 bridgehead atoms. The van der Waals surface area contributed by atoms with Crippen molar-refractivity contribution in [1.82, 2.24) is 0 Å². The van der Waals surface area contributed by atoms with Crippen molar-refractivity contribution >= 4 is 33.8 Å². The predicted octanol–water partition coefficient (Wildman–Crippen LogP) is 3.15. The van der Waals surface area contributed by atoms with E-state index in [1.807, 2.05) is 13.0 Å². The molecular formula is C20H23BrO6. The monoisotopic (exact) mass is 438 g/mol. The molecule has 0 aromatic carbocycles. The lowest BCUT2D eigenvalue weighted by Crippen LogP contribution is -2.33. The highest BCUT2D eigenvalue weighted by Gasteiger charge is 2.46. The van der Waals surface area contributed by atoms with E-state index in [-0.39, 0.29) is 30.0 Å². The molecule has 27 heavy (non-hydrogen) atoms. The summed E-state index contributed by atoms with van der Waals surface area (Å²) in [4.78, 5) is 36.5. The topological polar surface area (TPSA) is 78.9 Å². The molecule has 1 fully saturated rings. The van der Waals surface area contributed by atoms with Crippen molar-refractivity contribution in [2.45, 2.75) is 57.3 Å². The first-order valence-corrected chi connectivity index (χ1v) is 10.3. The summed E-state index contributed by atoms with van der Waals surface area (Å²) < 4.78 is 16.5. The largest absolute Gasteiger partial charge is 0.458 e. The van der Waals surface area contributed by atoms with Crippen molar-refractivity contribution in [2.24, 2.45) is 5.92 Å². The zero-order valence-corrected chi connectivity index (χ0v) is 16.8. The molecule has 3 aliphatic rings. The second kappa shape index (κ2) is 8.42. The number of hydrogen-bond acceptors (Lipinski definition) is 6. The molecule has 7 heteroatoms. The van der Waals surface area contributed by atoms with Gasteiger partial charge in [-0.1, -0.05) is 28.1 Å². The molecule has 0 radical (unpaired) electrons. The van der Waals surface area contributed by atoms with E-state index >= 15 is 0 Å². The highest BCUT2D eigenvalue weighted by atomic mass is 79.9. The van der Waals surface area contributed by atoms with Crippen LogP contribution in [0.5, 0.6) is 0 Å². The van der Waals surface area contributed by atoms with Crippen LogP contribution < -0.4 is 0 Å². The fourth-order valence-electron chi connectivity index (χ4n) is 3.69. The standard InChI is InChI=1S/C20H23BrO6/c1-11-7-14-9-13(20(24)25-14)10-16-18(12(2)19(23)27-16)15(8-11)26-17(22)5-3-4-6-21/h8-9,14-16,18H,2-7,10H2,1H3/b11-8+/t14-,15+,16-,18-/m0/s1. The molecule has 1 aliphatic carbocycles. The molecule has 6 nitrogen and oxygen atoms in total. The van der Waals surface area contributed by atoms with Gasteiger partial charge in [-0.15, -0.1) is 0 Å². The summed E-state index contributed by atoms with van der Waals surface area (Å²) in [7, 11) is 0. The summed E-state index contributed by atoms with van der Waals surface area (Å²) in [6, 6.07) is 0. The molecule has 0 aromatic rings. The summed E-state index contributed by atoms with van der Waals surface area (Å²) in [6.07, 6.45) is 4.69. The molecule has 2 heterocycles. The molecule has 0 saturated carbocycles. The lowest BCUT2D eigenvalue weighted by Gasteiger charge is -2.26. The number of unbranched alkanes of at least 4 members (excludes halogenated alkanes) is 1. The highest BCUT2D eigenvalue weighted by Crippen LogP contribution is 2.38. The Hall–Kier alpha value is -1.89. The normalized spacial score (nSPS) is 32.0. The average molecular weight is 439 g/mol. The van der Waals surface area contributed by atoms with Crippen LogP contribution in [-0.2, 0) is 28.6 Å². The Bertz CT molecular complexity index is 722. The van der Waals surface area contributed by atoms with Crippen molar-refractivity contribution in [3.63, 3.8) is 0 Å². The first-order chi connectivity index (χ1) is 12.9. The predicted molar refractivity (Wildman–Crippen MR) is 101 cm³/mol. The van der Waals surface area contributed by atoms with E-state index in [9.17, 15) is 14.4 Å². The minimum Gasteiger partial charge on any atom is -0.458 e. The van der Waals surface area contributed by atoms with Crippen LogP contribution in [0.4, 0.5) is 0 Å². The van der Waals surface area contributed by atoms with Gasteiger partial charge in [0.05, 0.1) is 5.92 Å². The Morgan fingerprint density at radius 3 is 2.74 bits per heavy atom. The van der Waals surface area contributed by atoms with Gasteiger partial charge in [-0.3, -0.25) is 4.79 Å². The zero-order valence-electron chi connectivity index (χ0n) is 15.2. The average Bonchev–Trinajstić information content (AvgIpc) is 3.06. The molecule has 0 amide bonds. The molecule has 3 rings (SSSR count). The smallest absolute Gasteiger partial charge is 0.334 e. The number of esters is 3. The van der Waals surface area contributed by atoms with E-state index in [0.29, 0.717) is 18.4 Å². The molecular weight excluding hydrogens is 416 g/mol. The highest BCUT2D eigenvalue weighted by molar-refractivity contribution is 9.09. The van der Waals surface area contributed by atoms with E-state index in [0.717, 1.165) is 23.7 Å². The van der Waals surface area contributed by atoms with E-state index in [2.05, 4.69) is 22.5 Å². The van der Waals surface area contributed by atoms with Crippen molar-refractivity contribution in [2.75, 3.05) is 5.33 Å². The maximum Gasteiger partial charge on any atom is 0.334 e. The van der Waals surface area contributed by atoms with Crippen LogP contribution in [0, 0.1) is 5.92 Å². The Morgan fingerprint density at radius 2 is 2.00 bits per heavy atom. The summed E-state index contributed by atoms with van der Waals surface area (Å²) in [6.45, 7) is 5.74. The third kappa shape index (κ3) is 4.51. The number of alkyl halides is 1. The molecule has 146 valence electrons. The molecule has 0 N–H and O–H groups in total.